The summed E-state index contributed by atoms with van der Waals surface area (Å²) in [4.78, 5) is 13.0. The van der Waals surface area contributed by atoms with Crippen LogP contribution in [0.3, 0.4) is 0 Å². The molecule has 1 aromatic carbocycles. The summed E-state index contributed by atoms with van der Waals surface area (Å²) in [6.07, 6.45) is -2.89. The van der Waals surface area contributed by atoms with E-state index in [-0.39, 0.29) is 0 Å². The number of alkyl halides is 3. The van der Waals surface area contributed by atoms with Crippen LogP contribution in [0.1, 0.15) is 18.1 Å². The minimum atomic E-state index is -4.30. The van der Waals surface area contributed by atoms with Crippen molar-refractivity contribution < 1.29 is 22.7 Å². The molecule has 0 fully saturated rings. The molecule has 4 nitrogen and oxygen atoms in total. The van der Waals surface area contributed by atoms with Crippen LogP contribution in [-0.2, 0) is 22.3 Å². The van der Waals surface area contributed by atoms with E-state index in [1.54, 1.807) is 6.92 Å². The van der Waals surface area contributed by atoms with Crippen LogP contribution in [0.2, 0.25) is 0 Å². The molecule has 0 unspecified atom stereocenters. The fraction of sp³-hybridized carbons (Fsp3) is 0.333. The highest BCUT2D eigenvalue weighted by atomic mass is 19.4. The Balaban J connectivity index is 0.000000312. The summed E-state index contributed by atoms with van der Waals surface area (Å²) in [6, 6.07) is 3.58. The lowest BCUT2D eigenvalue weighted by Crippen LogP contribution is -2.15. The molecule has 1 aliphatic heterocycles. The molecule has 0 aromatic heterocycles. The summed E-state index contributed by atoms with van der Waals surface area (Å²) in [5.74, 6) is 0. The first-order valence-corrected chi connectivity index (χ1v) is 5.50. The maximum Gasteiger partial charge on any atom is 0.416 e. The number of carbonyl (C=O) groups excluding carboxylic acids is 1. The van der Waals surface area contributed by atoms with Crippen LogP contribution in [0.25, 0.3) is 0 Å². The summed E-state index contributed by atoms with van der Waals surface area (Å²) >= 11 is 0. The average molecular weight is 274 g/mol. The first kappa shape index (κ1) is 15.0. The van der Waals surface area contributed by atoms with Crippen LogP contribution in [-0.4, -0.2) is 19.4 Å². The second-order valence-corrected chi connectivity index (χ2v) is 3.53. The van der Waals surface area contributed by atoms with E-state index in [0.29, 0.717) is 25.3 Å². The quantitative estimate of drug-likeness (QED) is 0.843. The first-order chi connectivity index (χ1) is 8.99. The maximum absolute atomic E-state index is 12.3. The zero-order valence-electron chi connectivity index (χ0n) is 10.2. The molecule has 1 aliphatic rings. The van der Waals surface area contributed by atoms with Crippen LogP contribution in [0.15, 0.2) is 23.2 Å². The number of carbonyl (C=O) groups is 1. The highest BCUT2D eigenvalue weighted by Crippen LogP contribution is 2.33. The third kappa shape index (κ3) is 4.61. The molecule has 1 N–H and O–H groups in total. The van der Waals surface area contributed by atoms with Crippen LogP contribution >= 0.6 is 0 Å². The SMILES string of the molecule is CCOC=O.FC(F)(F)c1ccc2c(c1)N=CNC2. The first-order valence-electron chi connectivity index (χ1n) is 5.50. The highest BCUT2D eigenvalue weighted by molar-refractivity contribution is 5.67. The Labute approximate surface area is 108 Å². The predicted octanol–water partition coefficient (Wildman–Crippen LogP) is 2.65. The molecule has 0 atom stereocenters. The van der Waals surface area contributed by atoms with Gasteiger partial charge in [-0.15, -0.1) is 0 Å². The van der Waals surface area contributed by atoms with Crippen molar-refractivity contribution in [1.82, 2.24) is 5.32 Å². The Kier molecular flexibility index (Phi) is 5.35. The van der Waals surface area contributed by atoms with Crippen molar-refractivity contribution in [2.45, 2.75) is 19.6 Å². The summed E-state index contributed by atoms with van der Waals surface area (Å²) in [5.41, 5.74) is 0.509. The van der Waals surface area contributed by atoms with Gasteiger partial charge in [-0.05, 0) is 24.6 Å². The van der Waals surface area contributed by atoms with Gasteiger partial charge in [0.25, 0.3) is 6.47 Å². The Morgan fingerprint density at radius 1 is 1.47 bits per heavy atom. The molecule has 7 heteroatoms. The Hall–Kier alpha value is -2.05. The van der Waals surface area contributed by atoms with Crippen LogP contribution in [0, 0.1) is 0 Å². The van der Waals surface area contributed by atoms with Crippen molar-refractivity contribution in [2.75, 3.05) is 6.61 Å². The Bertz CT molecular complexity index is 459. The van der Waals surface area contributed by atoms with Gasteiger partial charge in [0.2, 0.25) is 0 Å². The molecular weight excluding hydrogens is 261 g/mol. The lowest BCUT2D eigenvalue weighted by Gasteiger charge is -2.13. The van der Waals surface area contributed by atoms with Crippen molar-refractivity contribution in [3.63, 3.8) is 0 Å². The van der Waals surface area contributed by atoms with Gasteiger partial charge in [-0.1, -0.05) is 6.07 Å². The summed E-state index contributed by atoms with van der Waals surface area (Å²) in [5, 5.41) is 2.83. The van der Waals surface area contributed by atoms with Crippen molar-refractivity contribution in [2.24, 2.45) is 4.99 Å². The third-order valence-electron chi connectivity index (χ3n) is 2.23. The van der Waals surface area contributed by atoms with E-state index in [0.717, 1.165) is 17.7 Å². The zero-order valence-corrected chi connectivity index (χ0v) is 10.2. The standard InChI is InChI=1S/C9H7F3N2.C3H6O2/c10-9(11,12)7-2-1-6-4-13-5-14-8(6)3-7;1-2-5-3-4/h1-3,5H,4H2,(H,13,14);3H,2H2,1H3. The molecule has 1 heterocycles. The predicted molar refractivity (Wildman–Crippen MR) is 64.1 cm³/mol. The molecule has 0 saturated carbocycles. The lowest BCUT2D eigenvalue weighted by atomic mass is 10.1. The van der Waals surface area contributed by atoms with E-state index in [2.05, 4.69) is 15.0 Å². The van der Waals surface area contributed by atoms with Crippen molar-refractivity contribution in [1.29, 1.82) is 0 Å². The second kappa shape index (κ2) is 6.77. The molecule has 0 radical (unpaired) electrons. The van der Waals surface area contributed by atoms with E-state index in [1.165, 1.54) is 12.4 Å². The van der Waals surface area contributed by atoms with Gasteiger partial charge in [-0.2, -0.15) is 13.2 Å². The fourth-order valence-corrected chi connectivity index (χ4v) is 1.35. The number of aliphatic imine (C=N–C) groups is 1. The maximum atomic E-state index is 12.3. The number of benzene rings is 1. The van der Waals surface area contributed by atoms with Crippen molar-refractivity contribution in [3.8, 4) is 0 Å². The van der Waals surface area contributed by atoms with Gasteiger partial charge in [-0.25, -0.2) is 4.99 Å². The number of fused-ring (bicyclic) bond motifs is 1. The van der Waals surface area contributed by atoms with Crippen molar-refractivity contribution >= 4 is 18.5 Å². The van der Waals surface area contributed by atoms with Gasteiger partial charge < -0.3 is 10.1 Å². The van der Waals surface area contributed by atoms with Gasteiger partial charge in [0.15, 0.2) is 0 Å². The van der Waals surface area contributed by atoms with E-state index in [4.69, 9.17) is 0 Å². The zero-order chi connectivity index (χ0) is 14.3. The molecule has 19 heavy (non-hydrogen) atoms. The van der Waals surface area contributed by atoms with Gasteiger partial charge in [-0.3, -0.25) is 4.79 Å². The summed E-state index contributed by atoms with van der Waals surface area (Å²) in [6.45, 7) is 3.19. The van der Waals surface area contributed by atoms with E-state index >= 15 is 0 Å². The number of rotatable bonds is 2. The van der Waals surface area contributed by atoms with Gasteiger partial charge >= 0.3 is 6.18 Å². The number of ether oxygens (including phenoxy) is 1. The van der Waals surface area contributed by atoms with Gasteiger partial charge in [0, 0.05) is 6.54 Å². The summed E-state index contributed by atoms with van der Waals surface area (Å²) < 4.78 is 41.0. The van der Waals surface area contributed by atoms with E-state index in [9.17, 15) is 18.0 Å². The monoisotopic (exact) mass is 274 g/mol. The summed E-state index contributed by atoms with van der Waals surface area (Å²) in [7, 11) is 0. The smallest absolute Gasteiger partial charge is 0.416 e. The average Bonchev–Trinajstić information content (AvgIpc) is 2.39. The number of hydrogen-bond acceptors (Lipinski definition) is 4. The molecule has 1 aromatic rings. The number of halogens is 3. The normalized spacial score (nSPS) is 12.6. The Morgan fingerprint density at radius 2 is 2.21 bits per heavy atom. The van der Waals surface area contributed by atoms with Crippen LogP contribution < -0.4 is 5.32 Å². The molecule has 2 rings (SSSR count). The van der Waals surface area contributed by atoms with Crippen LogP contribution in [0.4, 0.5) is 18.9 Å². The Morgan fingerprint density at radius 3 is 2.74 bits per heavy atom. The van der Waals surface area contributed by atoms with E-state index in [1.807, 2.05) is 0 Å². The topological polar surface area (TPSA) is 50.7 Å². The van der Waals surface area contributed by atoms with Crippen LogP contribution in [0.5, 0.6) is 0 Å². The molecule has 0 amide bonds. The lowest BCUT2D eigenvalue weighted by molar-refractivity contribution is -0.137. The second-order valence-electron chi connectivity index (χ2n) is 3.53. The van der Waals surface area contributed by atoms with Crippen molar-refractivity contribution in [3.05, 3.63) is 29.3 Å². The third-order valence-corrected chi connectivity index (χ3v) is 2.23. The molecule has 0 saturated heterocycles. The minimum absolute atomic E-state index is 0.388. The molecule has 0 bridgehead atoms. The molecule has 104 valence electrons. The fourth-order valence-electron chi connectivity index (χ4n) is 1.35. The number of nitrogens with zero attached hydrogens (tertiary/aromatic N) is 1. The number of hydrogen-bond donors (Lipinski definition) is 1. The highest BCUT2D eigenvalue weighted by Gasteiger charge is 2.31. The molecule has 0 aliphatic carbocycles. The van der Waals surface area contributed by atoms with Gasteiger partial charge in [0.1, 0.15) is 0 Å². The number of nitrogens with one attached hydrogen (secondary N) is 1. The molecule has 0 spiro atoms. The minimum Gasteiger partial charge on any atom is -0.468 e. The largest absolute Gasteiger partial charge is 0.468 e. The van der Waals surface area contributed by atoms with Gasteiger partial charge in [0.05, 0.1) is 24.2 Å². The van der Waals surface area contributed by atoms with E-state index < -0.39 is 11.7 Å². The molecular formula is C12H13F3N2O2.